The van der Waals surface area contributed by atoms with E-state index in [1.165, 1.54) is 42.5 Å². The van der Waals surface area contributed by atoms with Gasteiger partial charge in [-0.25, -0.2) is 0 Å². The number of carbonyl (C=O) groups excluding carboxylic acids is 2. The number of alkyl halides is 3. The number of ether oxygens (including phenoxy) is 3. The zero-order chi connectivity index (χ0) is 43.7. The summed E-state index contributed by atoms with van der Waals surface area (Å²) >= 11 is 8.96. The minimum atomic E-state index is -4.88. The van der Waals surface area contributed by atoms with E-state index in [-0.39, 0.29) is 43.7 Å². The number of nitro benzene ring substituents is 1. The number of anilines is 2. The van der Waals surface area contributed by atoms with Crippen LogP contribution in [-0.2, 0) is 6.18 Å². The highest BCUT2D eigenvalue weighted by atomic mass is 79.9. The Morgan fingerprint density at radius 2 is 1.32 bits per heavy atom. The van der Waals surface area contributed by atoms with E-state index in [2.05, 4.69) is 26.6 Å². The second-order valence-electron chi connectivity index (χ2n) is 12.8. The Bertz CT molecular complexity index is 2520. The minimum Gasteiger partial charge on any atom is -0.506 e. The summed E-state index contributed by atoms with van der Waals surface area (Å²) in [5.41, 5.74) is 0.850. The van der Waals surface area contributed by atoms with Gasteiger partial charge in [0, 0.05) is 22.8 Å². The summed E-state index contributed by atoms with van der Waals surface area (Å²) < 4.78 is 56.3. The molecule has 2 amide bonds. The van der Waals surface area contributed by atoms with E-state index in [1.807, 2.05) is 39.0 Å². The zero-order valence-corrected chi connectivity index (χ0v) is 34.1. The van der Waals surface area contributed by atoms with Crippen LogP contribution < -0.4 is 24.8 Å². The maximum absolute atomic E-state index is 13.1. The molecular formula is C43H34BrClF3N3O9. The number of benzene rings is 6. The Kier molecular flexibility index (Phi) is 14.3. The Morgan fingerprint density at radius 3 is 1.92 bits per heavy atom. The Hall–Kier alpha value is -6.78. The van der Waals surface area contributed by atoms with Crippen LogP contribution in [0.15, 0.2) is 120 Å². The summed E-state index contributed by atoms with van der Waals surface area (Å²) in [5.74, 6) is -0.947. The summed E-state index contributed by atoms with van der Waals surface area (Å²) in [5, 5.41) is 36.0. The number of rotatable bonds is 11. The van der Waals surface area contributed by atoms with Crippen LogP contribution in [0.5, 0.6) is 40.2 Å². The van der Waals surface area contributed by atoms with Crippen molar-refractivity contribution < 1.29 is 52.1 Å². The fourth-order valence-corrected chi connectivity index (χ4v) is 6.20. The van der Waals surface area contributed by atoms with E-state index < -0.39 is 39.8 Å². The van der Waals surface area contributed by atoms with Gasteiger partial charge in [-0.2, -0.15) is 13.2 Å². The molecule has 0 unspecified atom stereocenters. The number of nitrogens with one attached hydrogen (secondary N) is 2. The number of hydrogen-bond acceptors (Lipinski definition) is 9. The van der Waals surface area contributed by atoms with Gasteiger partial charge < -0.3 is 35.1 Å². The molecule has 6 rings (SSSR count). The lowest BCUT2D eigenvalue weighted by atomic mass is 10.1. The second-order valence-corrected chi connectivity index (χ2v) is 14.0. The highest BCUT2D eigenvalue weighted by molar-refractivity contribution is 9.10. The molecule has 0 bridgehead atoms. The third-order valence-corrected chi connectivity index (χ3v) is 9.19. The van der Waals surface area contributed by atoms with Crippen LogP contribution in [0.2, 0.25) is 5.02 Å². The molecule has 6 aromatic rings. The Balaban J connectivity index is 0.000000228. The van der Waals surface area contributed by atoms with Crippen LogP contribution in [0.25, 0.3) is 0 Å². The van der Waals surface area contributed by atoms with Gasteiger partial charge in [-0.15, -0.1) is 0 Å². The molecule has 0 atom stereocenters. The zero-order valence-electron chi connectivity index (χ0n) is 31.8. The SMILES string of the molecule is CCOc1ccc(Oc2ccccc2NC(=O)c2cc(Cl)cc(C(F)(F)F)c2O)cc1.Cc1cc(C)cc(NC(=O)c2ccc(Oc3ccc([N+](=O)[O-])cc3)c(Br)c2O)c1. The quantitative estimate of drug-likeness (QED) is 0.0730. The fourth-order valence-electron chi connectivity index (χ4n) is 5.55. The van der Waals surface area contributed by atoms with Gasteiger partial charge in [-0.3, -0.25) is 19.7 Å². The largest absolute Gasteiger partial charge is 0.506 e. The fraction of sp³-hybridized carbons (Fsp3) is 0.116. The number of phenols is 2. The highest BCUT2D eigenvalue weighted by Crippen LogP contribution is 2.41. The minimum absolute atomic E-state index is 0.0577. The molecule has 0 aliphatic carbocycles. The number of amides is 2. The van der Waals surface area contributed by atoms with Crippen molar-refractivity contribution in [2.75, 3.05) is 17.2 Å². The Morgan fingerprint density at radius 1 is 0.750 bits per heavy atom. The molecule has 0 spiro atoms. The lowest BCUT2D eigenvalue weighted by molar-refractivity contribution is -0.384. The molecule has 310 valence electrons. The van der Waals surface area contributed by atoms with Crippen molar-refractivity contribution >= 4 is 56.4 Å². The average molecular weight is 909 g/mol. The maximum Gasteiger partial charge on any atom is 0.420 e. The number of nitro groups is 1. The first-order chi connectivity index (χ1) is 28.4. The first kappa shape index (κ1) is 44.3. The number of phenolic OH excluding ortho intramolecular Hbond substituents is 2. The van der Waals surface area contributed by atoms with Crippen LogP contribution in [0.1, 0.15) is 44.3 Å². The van der Waals surface area contributed by atoms with Gasteiger partial charge in [0.25, 0.3) is 17.5 Å². The molecule has 4 N–H and O–H groups in total. The van der Waals surface area contributed by atoms with E-state index in [0.717, 1.165) is 17.2 Å². The molecule has 6 aromatic carbocycles. The molecule has 0 fully saturated rings. The second kappa shape index (κ2) is 19.3. The van der Waals surface area contributed by atoms with E-state index in [0.29, 0.717) is 35.6 Å². The lowest BCUT2D eigenvalue weighted by Gasteiger charge is -2.15. The average Bonchev–Trinajstić information content (AvgIpc) is 3.18. The van der Waals surface area contributed by atoms with E-state index in [9.17, 15) is 43.1 Å². The van der Waals surface area contributed by atoms with Gasteiger partial charge in [0.05, 0.1) is 33.9 Å². The molecule has 60 heavy (non-hydrogen) atoms. The van der Waals surface area contributed by atoms with Gasteiger partial charge in [-0.1, -0.05) is 29.8 Å². The number of hydrogen-bond donors (Lipinski definition) is 4. The third-order valence-electron chi connectivity index (χ3n) is 8.20. The molecular weight excluding hydrogens is 875 g/mol. The smallest absolute Gasteiger partial charge is 0.420 e. The number of aromatic hydroxyl groups is 2. The van der Waals surface area contributed by atoms with Crippen LogP contribution in [0.4, 0.5) is 30.2 Å². The van der Waals surface area contributed by atoms with Gasteiger partial charge in [-0.05, 0) is 133 Å². The summed E-state index contributed by atoms with van der Waals surface area (Å²) in [6, 6.07) is 28.8. The van der Waals surface area contributed by atoms with Crippen molar-refractivity contribution in [2.45, 2.75) is 26.9 Å². The third kappa shape index (κ3) is 11.4. The molecule has 0 aliphatic rings. The Labute approximate surface area is 354 Å². The topological polar surface area (TPSA) is 169 Å². The van der Waals surface area contributed by atoms with Gasteiger partial charge in [0.1, 0.15) is 39.0 Å². The number of aryl methyl sites for hydroxylation is 2. The number of carbonyl (C=O) groups is 2. The van der Waals surface area contributed by atoms with Crippen LogP contribution >= 0.6 is 27.5 Å². The van der Waals surface area contributed by atoms with Crippen LogP contribution in [-0.4, -0.2) is 33.6 Å². The summed E-state index contributed by atoms with van der Waals surface area (Å²) in [4.78, 5) is 35.4. The number of nitrogens with zero attached hydrogens (tertiary/aromatic N) is 1. The van der Waals surface area contributed by atoms with Crippen molar-refractivity contribution in [1.82, 2.24) is 0 Å². The number of para-hydroxylation sites is 2. The standard InChI is InChI=1S/C22H17ClF3NO4.C21H17BrN2O5/c1-2-30-14-7-9-15(10-8-14)31-19-6-4-3-5-18(19)27-21(29)16-11-13(23)12-17(20(16)28)22(24,25)26;1-12-9-13(2)11-14(10-12)23-21(26)17-7-8-18(19(22)20(17)25)29-16-5-3-15(4-6-16)24(27)28/h3-12,28H,2H2,1H3,(H,27,29);3-11,25H,1-2H3,(H,23,26). The first-order valence-corrected chi connectivity index (χ1v) is 18.8. The predicted molar refractivity (Wildman–Crippen MR) is 223 cm³/mol. The van der Waals surface area contributed by atoms with Crippen molar-refractivity contribution in [3.63, 3.8) is 0 Å². The monoisotopic (exact) mass is 907 g/mol. The molecule has 0 heterocycles. The molecule has 0 saturated heterocycles. The van der Waals surface area contributed by atoms with E-state index in [1.54, 1.807) is 42.5 Å². The number of non-ortho nitro benzene ring substituents is 1. The molecule has 12 nitrogen and oxygen atoms in total. The van der Waals surface area contributed by atoms with E-state index in [4.69, 9.17) is 25.8 Å². The first-order valence-electron chi connectivity index (χ1n) is 17.7. The molecule has 0 saturated carbocycles. The van der Waals surface area contributed by atoms with Crippen molar-refractivity contribution in [1.29, 1.82) is 0 Å². The summed E-state index contributed by atoms with van der Waals surface area (Å²) in [7, 11) is 0. The summed E-state index contributed by atoms with van der Waals surface area (Å²) in [6.07, 6.45) is -4.88. The molecule has 0 aliphatic heterocycles. The normalized spacial score (nSPS) is 10.8. The van der Waals surface area contributed by atoms with Crippen LogP contribution in [0, 0.1) is 24.0 Å². The number of halogens is 5. The predicted octanol–water partition coefficient (Wildman–Crippen LogP) is 12.2. The van der Waals surface area contributed by atoms with Crippen molar-refractivity contribution in [3.05, 3.63) is 163 Å². The van der Waals surface area contributed by atoms with Crippen molar-refractivity contribution in [3.8, 4) is 40.2 Å². The van der Waals surface area contributed by atoms with Crippen LogP contribution in [0.3, 0.4) is 0 Å². The highest BCUT2D eigenvalue weighted by Gasteiger charge is 2.36. The molecule has 17 heteroatoms. The maximum atomic E-state index is 13.1. The van der Waals surface area contributed by atoms with Gasteiger partial charge in [0.15, 0.2) is 5.75 Å². The lowest BCUT2D eigenvalue weighted by Crippen LogP contribution is -2.15. The van der Waals surface area contributed by atoms with E-state index >= 15 is 0 Å². The molecule has 0 radical (unpaired) electrons. The van der Waals surface area contributed by atoms with Gasteiger partial charge >= 0.3 is 6.18 Å². The van der Waals surface area contributed by atoms with Gasteiger partial charge in [0.2, 0.25) is 0 Å². The molecule has 0 aromatic heterocycles. The van der Waals surface area contributed by atoms with Crippen molar-refractivity contribution in [2.24, 2.45) is 0 Å². The summed E-state index contributed by atoms with van der Waals surface area (Å²) in [6.45, 7) is 6.24.